The van der Waals surface area contributed by atoms with Gasteiger partial charge in [0.05, 0.1) is 22.0 Å². The molecule has 3 aromatic rings. The van der Waals surface area contributed by atoms with Crippen molar-refractivity contribution in [3.05, 3.63) is 62.0 Å². The van der Waals surface area contributed by atoms with Crippen LogP contribution in [-0.2, 0) is 12.6 Å². The number of hydrogen-bond acceptors (Lipinski definition) is 3. The van der Waals surface area contributed by atoms with Gasteiger partial charge in [0.2, 0.25) is 0 Å². The fourth-order valence-electron chi connectivity index (χ4n) is 5.37. The molecule has 36 heavy (non-hydrogen) atoms. The molecule has 1 aromatic carbocycles. The highest BCUT2D eigenvalue weighted by Gasteiger charge is 2.35. The first kappa shape index (κ1) is 25.3. The van der Waals surface area contributed by atoms with Crippen LogP contribution >= 0.6 is 23.2 Å². The van der Waals surface area contributed by atoms with E-state index < -0.39 is 11.9 Å². The van der Waals surface area contributed by atoms with E-state index in [1.165, 1.54) is 23.8 Å². The maximum atomic E-state index is 13.3. The third-order valence-electron chi connectivity index (χ3n) is 7.78. The van der Waals surface area contributed by atoms with Gasteiger partial charge in [0.15, 0.2) is 11.3 Å². The minimum absolute atomic E-state index is 0.121. The summed E-state index contributed by atoms with van der Waals surface area (Å²) in [5, 5.41) is 4.38. The molecule has 0 radical (unpaired) electrons. The minimum Gasteiger partial charge on any atom is -0.339 e. The number of halogens is 5. The van der Waals surface area contributed by atoms with Gasteiger partial charge in [-0.1, -0.05) is 42.5 Å². The first-order chi connectivity index (χ1) is 17.0. The molecule has 1 aliphatic heterocycles. The van der Waals surface area contributed by atoms with Crippen LogP contribution in [0.3, 0.4) is 0 Å². The lowest BCUT2D eigenvalue weighted by molar-refractivity contribution is -0.141. The summed E-state index contributed by atoms with van der Waals surface area (Å²) in [4.78, 5) is 19.7. The number of imidazole rings is 1. The lowest BCUT2D eigenvalue weighted by Crippen LogP contribution is -2.41. The second-order valence-electron chi connectivity index (χ2n) is 9.97. The Balaban J connectivity index is 1.41. The fraction of sp³-hybridized carbons (Fsp3) is 0.500. The number of piperidine rings is 1. The SMILES string of the molecule is Cc1cc(C(F)(F)F)nn2c(C)c(Cc3c(Cl)ccc(C(=O)N4CCC(C5CCC5)CC4)c3Cl)nc12. The van der Waals surface area contributed by atoms with Crippen LogP contribution in [0.5, 0.6) is 0 Å². The average molecular weight is 539 g/mol. The zero-order valence-corrected chi connectivity index (χ0v) is 21.6. The molecular formula is C26H27Cl2F3N4O. The molecule has 2 fully saturated rings. The number of benzene rings is 1. The normalized spacial score (nSPS) is 17.6. The zero-order valence-electron chi connectivity index (χ0n) is 20.1. The lowest BCUT2D eigenvalue weighted by Gasteiger charge is -2.40. The number of aryl methyl sites for hydroxylation is 2. The Bertz CT molecular complexity index is 1330. The smallest absolute Gasteiger partial charge is 0.339 e. The molecule has 3 heterocycles. The highest BCUT2D eigenvalue weighted by atomic mass is 35.5. The van der Waals surface area contributed by atoms with Gasteiger partial charge in [-0.3, -0.25) is 4.79 Å². The van der Waals surface area contributed by atoms with Crippen LogP contribution in [-0.4, -0.2) is 38.5 Å². The van der Waals surface area contributed by atoms with E-state index in [2.05, 4.69) is 10.1 Å². The summed E-state index contributed by atoms with van der Waals surface area (Å²) < 4.78 is 41.0. The third kappa shape index (κ3) is 4.58. The van der Waals surface area contributed by atoms with E-state index in [0.717, 1.165) is 24.8 Å². The Morgan fingerprint density at radius 1 is 1.08 bits per heavy atom. The summed E-state index contributed by atoms with van der Waals surface area (Å²) in [7, 11) is 0. The van der Waals surface area contributed by atoms with Crippen molar-refractivity contribution in [3.63, 3.8) is 0 Å². The molecule has 2 aliphatic rings. The summed E-state index contributed by atoms with van der Waals surface area (Å²) in [6.45, 7) is 4.65. The summed E-state index contributed by atoms with van der Waals surface area (Å²) in [5.41, 5.74) is 1.58. The number of carbonyl (C=O) groups excluding carboxylic acids is 1. The van der Waals surface area contributed by atoms with Gasteiger partial charge in [0.1, 0.15) is 0 Å². The maximum Gasteiger partial charge on any atom is 0.435 e. The van der Waals surface area contributed by atoms with Gasteiger partial charge in [0, 0.05) is 24.5 Å². The zero-order chi connectivity index (χ0) is 25.8. The van der Waals surface area contributed by atoms with E-state index in [-0.39, 0.29) is 17.4 Å². The predicted molar refractivity (Wildman–Crippen MR) is 133 cm³/mol. The molecule has 5 rings (SSSR count). The van der Waals surface area contributed by atoms with Crippen LogP contribution in [0.4, 0.5) is 13.2 Å². The van der Waals surface area contributed by atoms with E-state index in [1.807, 2.05) is 4.90 Å². The van der Waals surface area contributed by atoms with Crippen LogP contribution in [0.2, 0.25) is 10.0 Å². The molecule has 1 saturated heterocycles. The van der Waals surface area contributed by atoms with Crippen molar-refractivity contribution in [2.75, 3.05) is 13.1 Å². The molecule has 1 amide bonds. The molecule has 2 aromatic heterocycles. The highest BCUT2D eigenvalue weighted by Crippen LogP contribution is 2.39. The molecule has 0 bridgehead atoms. The summed E-state index contributed by atoms with van der Waals surface area (Å²) >= 11 is 13.2. The van der Waals surface area contributed by atoms with Crippen molar-refractivity contribution in [1.82, 2.24) is 19.5 Å². The Kier molecular flexibility index (Phi) is 6.70. The van der Waals surface area contributed by atoms with Crippen LogP contribution < -0.4 is 0 Å². The van der Waals surface area contributed by atoms with Crippen molar-refractivity contribution >= 4 is 34.8 Å². The Labute approximate surface area is 217 Å². The molecule has 0 atom stereocenters. The van der Waals surface area contributed by atoms with Gasteiger partial charge in [0.25, 0.3) is 5.91 Å². The van der Waals surface area contributed by atoms with E-state index in [0.29, 0.717) is 57.8 Å². The van der Waals surface area contributed by atoms with Crippen molar-refractivity contribution in [2.24, 2.45) is 11.8 Å². The van der Waals surface area contributed by atoms with Gasteiger partial charge >= 0.3 is 6.18 Å². The predicted octanol–water partition coefficient (Wildman–Crippen LogP) is 6.91. The highest BCUT2D eigenvalue weighted by molar-refractivity contribution is 6.38. The minimum atomic E-state index is -4.57. The molecule has 0 N–H and O–H groups in total. The largest absolute Gasteiger partial charge is 0.435 e. The fourth-order valence-corrected chi connectivity index (χ4v) is 5.96. The monoisotopic (exact) mass is 538 g/mol. The first-order valence-corrected chi connectivity index (χ1v) is 13.0. The summed E-state index contributed by atoms with van der Waals surface area (Å²) in [6, 6.07) is 4.28. The van der Waals surface area contributed by atoms with Gasteiger partial charge in [-0.15, -0.1) is 0 Å². The summed E-state index contributed by atoms with van der Waals surface area (Å²) in [5.74, 6) is 1.39. The van der Waals surface area contributed by atoms with Gasteiger partial charge in [-0.25, -0.2) is 9.50 Å². The molecule has 192 valence electrons. The number of aromatic nitrogens is 3. The van der Waals surface area contributed by atoms with E-state index in [9.17, 15) is 18.0 Å². The number of amides is 1. The molecule has 1 saturated carbocycles. The van der Waals surface area contributed by atoms with Crippen molar-refractivity contribution in [1.29, 1.82) is 0 Å². The number of hydrogen-bond donors (Lipinski definition) is 0. The van der Waals surface area contributed by atoms with Crippen molar-refractivity contribution in [3.8, 4) is 0 Å². The maximum absolute atomic E-state index is 13.3. The molecular weight excluding hydrogens is 512 g/mol. The van der Waals surface area contributed by atoms with E-state index >= 15 is 0 Å². The summed E-state index contributed by atoms with van der Waals surface area (Å²) in [6.07, 6.45) is 1.56. The molecule has 0 spiro atoms. The molecule has 5 nitrogen and oxygen atoms in total. The molecule has 0 unspecified atom stereocenters. The van der Waals surface area contributed by atoms with Crippen LogP contribution in [0.15, 0.2) is 18.2 Å². The van der Waals surface area contributed by atoms with E-state index in [4.69, 9.17) is 23.2 Å². The third-order valence-corrected chi connectivity index (χ3v) is 8.57. The van der Waals surface area contributed by atoms with Gasteiger partial charge < -0.3 is 4.90 Å². The topological polar surface area (TPSA) is 50.5 Å². The number of alkyl halides is 3. The quantitative estimate of drug-likeness (QED) is 0.362. The van der Waals surface area contributed by atoms with Crippen LogP contribution in [0.25, 0.3) is 5.65 Å². The lowest BCUT2D eigenvalue weighted by atomic mass is 9.72. The van der Waals surface area contributed by atoms with Crippen molar-refractivity contribution < 1.29 is 18.0 Å². The Hall–Kier alpha value is -2.32. The van der Waals surface area contributed by atoms with Gasteiger partial charge in [-0.05, 0) is 67.9 Å². The second-order valence-corrected chi connectivity index (χ2v) is 10.8. The number of nitrogens with zero attached hydrogens (tertiary/aromatic N) is 4. The van der Waals surface area contributed by atoms with Crippen LogP contribution in [0.1, 0.15) is 70.7 Å². The Morgan fingerprint density at radius 2 is 1.75 bits per heavy atom. The van der Waals surface area contributed by atoms with Gasteiger partial charge in [-0.2, -0.15) is 18.3 Å². The van der Waals surface area contributed by atoms with Crippen molar-refractivity contribution in [2.45, 2.75) is 58.5 Å². The first-order valence-electron chi connectivity index (χ1n) is 12.2. The second kappa shape index (κ2) is 9.53. The number of rotatable bonds is 4. The average Bonchev–Trinajstić information content (AvgIpc) is 3.11. The number of likely N-dealkylation sites (tertiary alicyclic amines) is 1. The Morgan fingerprint density at radius 3 is 2.36 bits per heavy atom. The number of fused-ring (bicyclic) bond motifs is 1. The van der Waals surface area contributed by atoms with E-state index in [1.54, 1.807) is 26.0 Å². The number of carbonyl (C=O) groups is 1. The molecule has 1 aliphatic carbocycles. The standard InChI is InChI=1S/C26H27Cl2F3N4O/c1-14-12-22(26(29,30)31)33-35-15(2)21(32-24(14)35)13-19-20(27)7-6-18(23(19)28)25(36)34-10-8-17(9-11-34)16-4-3-5-16/h6-7,12,16-17H,3-5,8-11,13H2,1-2H3. The van der Waals surface area contributed by atoms with Crippen LogP contribution in [0, 0.1) is 25.7 Å². The molecule has 10 heteroatoms.